The zero-order valence-electron chi connectivity index (χ0n) is 4.52. The van der Waals surface area contributed by atoms with Gasteiger partial charge in [0.25, 0.3) is 0 Å². The van der Waals surface area contributed by atoms with Gasteiger partial charge < -0.3 is 11.0 Å². The van der Waals surface area contributed by atoms with E-state index in [1.54, 1.807) is 13.8 Å². The van der Waals surface area contributed by atoms with Crippen LogP contribution in [-0.2, 0) is 32.7 Å². The molecule has 0 heterocycles. The van der Waals surface area contributed by atoms with E-state index in [2.05, 4.69) is 11.8 Å². The van der Waals surface area contributed by atoms with Crippen molar-refractivity contribution in [3.63, 3.8) is 0 Å². The summed E-state index contributed by atoms with van der Waals surface area (Å²) in [6.45, 7) is 3.23. The second kappa shape index (κ2) is 6.49. The molecular weight excluding hydrogens is 165 g/mol. The summed E-state index contributed by atoms with van der Waals surface area (Å²) >= 11 is 0. The molecule has 7 heavy (non-hydrogen) atoms. The number of aliphatic hydroxyl groups excluding tert-OH is 1. The van der Waals surface area contributed by atoms with Gasteiger partial charge in [0, 0.05) is 32.7 Å². The number of hydrogen-bond donors (Lipinski definition) is 1. The molecule has 0 aliphatic carbocycles. The van der Waals surface area contributed by atoms with Crippen LogP contribution >= 0.6 is 0 Å². The fraction of sp³-hybridized carbons (Fsp3) is 0.400. The van der Waals surface area contributed by atoms with Crippen molar-refractivity contribution in [1.29, 1.82) is 0 Å². The van der Waals surface area contributed by atoms with E-state index in [-0.39, 0.29) is 38.8 Å². The Labute approximate surface area is 69.4 Å². The molecule has 37 valence electrons. The van der Waals surface area contributed by atoms with Crippen molar-refractivity contribution >= 4 is 0 Å². The summed E-state index contributed by atoms with van der Waals surface area (Å²) in [7, 11) is 0. The van der Waals surface area contributed by atoms with Crippen molar-refractivity contribution < 1.29 is 37.8 Å². The average molecular weight is 172 g/mol. The largest absolute Gasteiger partial charge is 0.446 e. The van der Waals surface area contributed by atoms with Crippen LogP contribution in [0.25, 0.3) is 0 Å². The minimum absolute atomic E-state index is 0. The van der Waals surface area contributed by atoms with Crippen molar-refractivity contribution in [2.45, 2.75) is 13.8 Å². The van der Waals surface area contributed by atoms with Crippen molar-refractivity contribution in [2.75, 3.05) is 0 Å². The van der Waals surface area contributed by atoms with E-state index in [9.17, 15) is 0 Å². The molecule has 0 aromatic heterocycles. The van der Waals surface area contributed by atoms with E-state index >= 15 is 0 Å². The average Bonchev–Trinajstić information content (AvgIpc) is 1.35. The van der Waals surface area contributed by atoms with Gasteiger partial charge in [-0.25, -0.2) is 0 Å². The molecule has 1 radical (unpaired) electrons. The zero-order chi connectivity index (χ0) is 4.99. The second-order valence-electron chi connectivity index (χ2n) is 0.960. The molecule has 0 saturated heterocycles. The maximum atomic E-state index is 8.30. The quantitative estimate of drug-likeness (QED) is 0.425. The molecule has 2 heteroatoms. The van der Waals surface area contributed by atoms with Crippen molar-refractivity contribution in [2.24, 2.45) is 0 Å². The van der Waals surface area contributed by atoms with Crippen LogP contribution in [0.1, 0.15) is 13.8 Å². The normalized spacial score (nSPS) is 5.00. The Balaban J connectivity index is 0. The molecule has 0 fully saturated rings. The molecule has 1 N–H and O–H groups in total. The predicted octanol–water partition coefficient (Wildman–Crippen LogP) is 0.932. The van der Waals surface area contributed by atoms with Crippen LogP contribution in [0, 0.1) is 17.9 Å². The third-order valence-corrected chi connectivity index (χ3v) is 0.306. The third kappa shape index (κ3) is 10.7. The minimum atomic E-state index is 0. The summed E-state index contributed by atoms with van der Waals surface area (Å²) in [6, 6.07) is 0. The van der Waals surface area contributed by atoms with Gasteiger partial charge in [0.2, 0.25) is 0 Å². The van der Waals surface area contributed by atoms with Gasteiger partial charge in [-0.1, -0.05) is 20.0 Å². The van der Waals surface area contributed by atoms with Gasteiger partial charge in [-0.05, 0) is 0 Å². The molecule has 0 aromatic carbocycles. The Bertz CT molecular complexity index is 77.8. The predicted molar refractivity (Wildman–Crippen MR) is 24.3 cm³/mol. The van der Waals surface area contributed by atoms with Crippen LogP contribution in [0.15, 0.2) is 0 Å². The second-order valence-corrected chi connectivity index (χ2v) is 0.960. The molecule has 0 aliphatic rings. The fourth-order valence-corrected chi connectivity index (χ4v) is 0.181. The van der Waals surface area contributed by atoms with Gasteiger partial charge in [0.05, 0.1) is 0 Å². The summed E-state index contributed by atoms with van der Waals surface area (Å²) in [6.07, 6.45) is 0.178. The molecule has 0 rings (SSSR count). The summed E-state index contributed by atoms with van der Waals surface area (Å²) < 4.78 is 0. The van der Waals surface area contributed by atoms with Crippen LogP contribution < -0.4 is 0 Å². The van der Waals surface area contributed by atoms with E-state index in [4.69, 9.17) is 5.11 Å². The van der Waals surface area contributed by atoms with E-state index in [0.717, 1.165) is 0 Å². The van der Waals surface area contributed by atoms with Crippen LogP contribution in [0.4, 0.5) is 0 Å². The molecule has 0 unspecified atom stereocenters. The maximum absolute atomic E-state index is 8.30. The van der Waals surface area contributed by atoms with Crippen LogP contribution in [0.5, 0.6) is 0 Å². The summed E-state index contributed by atoms with van der Waals surface area (Å²) in [5.74, 6) is 4.96. The molecule has 0 spiro atoms. The fourth-order valence-electron chi connectivity index (χ4n) is 0.181. The Morgan fingerprint density at radius 3 is 2.00 bits per heavy atom. The van der Waals surface area contributed by atoms with Gasteiger partial charge >= 0.3 is 0 Å². The topological polar surface area (TPSA) is 20.2 Å². The van der Waals surface area contributed by atoms with Crippen molar-refractivity contribution in [3.05, 3.63) is 6.10 Å². The number of aliphatic hydroxyl groups is 1. The Morgan fingerprint density at radius 2 is 2.00 bits per heavy atom. The summed E-state index contributed by atoms with van der Waals surface area (Å²) in [5, 5.41) is 8.30. The molecular formula is C5H7OY-. The number of rotatable bonds is 0. The van der Waals surface area contributed by atoms with Gasteiger partial charge in [0.1, 0.15) is 0 Å². The molecule has 0 amide bonds. The van der Waals surface area contributed by atoms with E-state index in [1.165, 1.54) is 0 Å². The first-order valence-electron chi connectivity index (χ1n) is 1.72. The Kier molecular flexibility index (Phi) is 9.71. The summed E-state index contributed by atoms with van der Waals surface area (Å²) in [4.78, 5) is 0. The van der Waals surface area contributed by atoms with Crippen LogP contribution in [0.2, 0.25) is 0 Å². The van der Waals surface area contributed by atoms with Gasteiger partial charge in [-0.15, -0.1) is 0 Å². The van der Waals surface area contributed by atoms with E-state index in [1.807, 2.05) is 0 Å². The van der Waals surface area contributed by atoms with Gasteiger partial charge in [-0.2, -0.15) is 0 Å². The monoisotopic (exact) mass is 172 g/mol. The van der Waals surface area contributed by atoms with Crippen LogP contribution in [0.3, 0.4) is 0 Å². The molecule has 0 aliphatic heterocycles. The van der Waals surface area contributed by atoms with E-state index in [0.29, 0.717) is 0 Å². The maximum Gasteiger partial charge on any atom is 0 e. The van der Waals surface area contributed by atoms with Crippen molar-refractivity contribution in [3.8, 4) is 11.8 Å². The first-order valence-corrected chi connectivity index (χ1v) is 1.72. The number of hydrogen-bond acceptors (Lipinski definition) is 1. The van der Waals surface area contributed by atoms with E-state index < -0.39 is 0 Å². The third-order valence-electron chi connectivity index (χ3n) is 0.306. The Hall–Kier alpha value is 0.494. The SMILES string of the molecule is CC#C[C-](C)O.[Y]. The van der Waals surface area contributed by atoms with Gasteiger partial charge in [0.15, 0.2) is 0 Å². The molecule has 0 bridgehead atoms. The smallest absolute Gasteiger partial charge is 0 e. The molecule has 0 atom stereocenters. The van der Waals surface area contributed by atoms with Crippen molar-refractivity contribution in [1.82, 2.24) is 0 Å². The molecule has 0 saturated carbocycles. The minimum Gasteiger partial charge on any atom is -0.446 e. The van der Waals surface area contributed by atoms with Gasteiger partial charge in [-0.3, -0.25) is 5.92 Å². The first kappa shape index (κ1) is 10.5. The summed E-state index contributed by atoms with van der Waals surface area (Å²) in [5.41, 5.74) is 0. The first-order chi connectivity index (χ1) is 2.77. The zero-order valence-corrected chi connectivity index (χ0v) is 7.36. The van der Waals surface area contributed by atoms with Crippen LogP contribution in [-0.4, -0.2) is 5.11 Å². The Morgan fingerprint density at radius 1 is 1.57 bits per heavy atom. The standard InChI is InChI=1S/C5H7O.Y/c1-3-4-5(2)6;/h6H,1-2H3;/q-1;. The molecule has 1 nitrogen and oxygen atoms in total. The molecule has 0 aromatic rings.